The van der Waals surface area contributed by atoms with Crippen molar-refractivity contribution in [3.63, 3.8) is 0 Å². The summed E-state index contributed by atoms with van der Waals surface area (Å²) < 4.78 is 11.7. The number of amides is 2. The van der Waals surface area contributed by atoms with Crippen LogP contribution < -0.4 is 10.2 Å². The Kier molecular flexibility index (Phi) is 8.21. The highest BCUT2D eigenvalue weighted by atomic mass is 32.1. The van der Waals surface area contributed by atoms with Crippen LogP contribution in [0.25, 0.3) is 10.2 Å². The zero-order chi connectivity index (χ0) is 26.7. The second-order valence-corrected chi connectivity index (χ2v) is 12.5. The Morgan fingerprint density at radius 2 is 1.89 bits per heavy atom. The molecule has 0 radical (unpaired) electrons. The number of anilines is 1. The smallest absolute Gasteiger partial charge is 0.415 e. The molecule has 0 aromatic carbocycles. The Bertz CT molecular complexity index is 1270. The molecule has 1 atom stereocenters. The van der Waals surface area contributed by atoms with Crippen LogP contribution in [0.5, 0.6) is 0 Å². The van der Waals surface area contributed by atoms with Crippen LogP contribution in [0.2, 0.25) is 0 Å². The molecule has 0 saturated heterocycles. The van der Waals surface area contributed by atoms with E-state index in [1.165, 1.54) is 33.8 Å². The van der Waals surface area contributed by atoms with E-state index < -0.39 is 23.4 Å². The number of nitriles is 1. The van der Waals surface area contributed by atoms with Crippen LogP contribution in [0.4, 0.5) is 15.3 Å². The normalized spacial score (nSPS) is 12.6. The summed E-state index contributed by atoms with van der Waals surface area (Å²) in [5, 5.41) is 23.0. The molecule has 3 aromatic rings. The van der Waals surface area contributed by atoms with E-state index in [0.29, 0.717) is 34.4 Å². The molecule has 3 aromatic heterocycles. The van der Waals surface area contributed by atoms with Crippen LogP contribution in [0.3, 0.4) is 0 Å². The number of carbonyl (C=O) groups excluding carboxylic acids is 2. The lowest BCUT2D eigenvalue weighted by Gasteiger charge is -2.27. The fraction of sp³-hybridized carbons (Fsp3) is 0.480. The largest absolute Gasteiger partial charge is 0.444 e. The second-order valence-electron chi connectivity index (χ2n) is 10.3. The standard InChI is InChI=1S/C25H31N5O4S2/c1-15(28-22(31)33-24(2,3)4)11-19-17(12-26)20-21(36-19)18(13-27-29-20)30(14-16-9-8-10-35-16)23(32)34-25(5,6)7/h8-10,13,15H,11,14H2,1-7H3,(H,28,31)/t15-/m0/s1. The lowest BCUT2D eigenvalue weighted by Crippen LogP contribution is -2.38. The Balaban J connectivity index is 1.98. The number of alkyl carbamates (subject to hydrolysis) is 1. The van der Waals surface area contributed by atoms with Crippen LogP contribution >= 0.6 is 22.7 Å². The van der Waals surface area contributed by atoms with Crippen LogP contribution in [0, 0.1) is 11.3 Å². The van der Waals surface area contributed by atoms with Gasteiger partial charge in [0.25, 0.3) is 0 Å². The summed E-state index contributed by atoms with van der Waals surface area (Å²) in [6.45, 7) is 12.9. The number of hydrogen-bond acceptors (Lipinski definition) is 9. The minimum atomic E-state index is -0.689. The molecule has 0 aliphatic carbocycles. The van der Waals surface area contributed by atoms with Gasteiger partial charge in [0.05, 0.1) is 28.7 Å². The predicted octanol–water partition coefficient (Wildman–Crippen LogP) is 6.02. The zero-order valence-corrected chi connectivity index (χ0v) is 23.2. The van der Waals surface area contributed by atoms with Gasteiger partial charge in [0.15, 0.2) is 0 Å². The van der Waals surface area contributed by atoms with Gasteiger partial charge in [-0.3, -0.25) is 4.90 Å². The summed E-state index contributed by atoms with van der Waals surface area (Å²) in [5.74, 6) is 0. The molecule has 0 saturated carbocycles. The summed E-state index contributed by atoms with van der Waals surface area (Å²) in [6.07, 6.45) is 0.865. The van der Waals surface area contributed by atoms with Crippen molar-refractivity contribution in [2.45, 2.75) is 78.7 Å². The molecule has 0 aliphatic heterocycles. The van der Waals surface area contributed by atoms with E-state index in [-0.39, 0.29) is 6.04 Å². The Morgan fingerprint density at radius 3 is 2.47 bits per heavy atom. The van der Waals surface area contributed by atoms with Crippen LogP contribution in [-0.4, -0.2) is 39.6 Å². The van der Waals surface area contributed by atoms with Gasteiger partial charge in [-0.15, -0.1) is 27.8 Å². The number of ether oxygens (including phenoxy) is 2. The molecule has 192 valence electrons. The number of nitrogens with zero attached hydrogens (tertiary/aromatic N) is 4. The average molecular weight is 530 g/mol. The lowest BCUT2D eigenvalue weighted by molar-refractivity contribution is 0.0507. The average Bonchev–Trinajstić information content (AvgIpc) is 3.35. The molecule has 0 unspecified atom stereocenters. The van der Waals surface area contributed by atoms with E-state index in [9.17, 15) is 14.9 Å². The van der Waals surface area contributed by atoms with Crippen molar-refractivity contribution in [3.05, 3.63) is 39.0 Å². The molecule has 0 aliphatic rings. The molecule has 3 rings (SSSR count). The summed E-state index contributed by atoms with van der Waals surface area (Å²) in [5.41, 5.74) is 0.00739. The first-order valence-corrected chi connectivity index (χ1v) is 13.2. The van der Waals surface area contributed by atoms with Crippen LogP contribution in [0.1, 0.15) is 63.8 Å². The number of carbonyl (C=O) groups is 2. The van der Waals surface area contributed by atoms with Gasteiger partial charge >= 0.3 is 12.2 Å². The number of thiophene rings is 2. The zero-order valence-electron chi connectivity index (χ0n) is 21.5. The van der Waals surface area contributed by atoms with Crippen molar-refractivity contribution in [2.75, 3.05) is 4.90 Å². The van der Waals surface area contributed by atoms with Gasteiger partial charge in [0.1, 0.15) is 22.8 Å². The van der Waals surface area contributed by atoms with Gasteiger partial charge in [0.2, 0.25) is 0 Å². The van der Waals surface area contributed by atoms with Crippen molar-refractivity contribution in [2.24, 2.45) is 0 Å². The number of fused-ring (bicyclic) bond motifs is 1. The maximum atomic E-state index is 13.2. The first-order valence-electron chi connectivity index (χ1n) is 11.5. The third-order valence-corrected chi connectivity index (χ3v) is 6.78. The summed E-state index contributed by atoms with van der Waals surface area (Å²) in [6, 6.07) is 5.79. The highest BCUT2D eigenvalue weighted by Gasteiger charge is 2.28. The monoisotopic (exact) mass is 529 g/mol. The molecule has 0 bridgehead atoms. The van der Waals surface area contributed by atoms with Gasteiger partial charge < -0.3 is 14.8 Å². The molecule has 9 nitrogen and oxygen atoms in total. The maximum absolute atomic E-state index is 13.2. The van der Waals surface area contributed by atoms with Crippen LogP contribution in [-0.2, 0) is 22.4 Å². The van der Waals surface area contributed by atoms with Gasteiger partial charge in [-0.25, -0.2) is 9.59 Å². The van der Waals surface area contributed by atoms with Crippen molar-refractivity contribution >= 4 is 50.8 Å². The summed E-state index contributed by atoms with van der Waals surface area (Å²) in [7, 11) is 0. The Labute approximate surface area is 219 Å². The summed E-state index contributed by atoms with van der Waals surface area (Å²) in [4.78, 5) is 28.7. The number of hydrogen-bond donors (Lipinski definition) is 1. The Hall–Kier alpha value is -3.23. The fourth-order valence-corrected chi connectivity index (χ4v) is 5.37. The fourth-order valence-electron chi connectivity index (χ4n) is 3.35. The van der Waals surface area contributed by atoms with Crippen molar-refractivity contribution in [1.29, 1.82) is 5.26 Å². The molecular weight excluding hydrogens is 498 g/mol. The molecule has 36 heavy (non-hydrogen) atoms. The van der Waals surface area contributed by atoms with Crippen LogP contribution in [0.15, 0.2) is 23.7 Å². The van der Waals surface area contributed by atoms with E-state index in [1.807, 2.05) is 45.2 Å². The number of aromatic nitrogens is 2. The van der Waals surface area contributed by atoms with Crippen molar-refractivity contribution < 1.29 is 19.1 Å². The first kappa shape index (κ1) is 27.4. The molecular formula is C25H31N5O4S2. The predicted molar refractivity (Wildman–Crippen MR) is 141 cm³/mol. The number of rotatable bonds is 6. The third kappa shape index (κ3) is 7.15. The van der Waals surface area contributed by atoms with E-state index in [2.05, 4.69) is 21.6 Å². The minimum absolute atomic E-state index is 0.291. The highest BCUT2D eigenvalue weighted by Crippen LogP contribution is 2.37. The maximum Gasteiger partial charge on any atom is 0.415 e. The highest BCUT2D eigenvalue weighted by molar-refractivity contribution is 7.20. The second kappa shape index (κ2) is 10.8. The topological polar surface area (TPSA) is 117 Å². The molecule has 3 heterocycles. The van der Waals surface area contributed by atoms with Gasteiger partial charge in [0, 0.05) is 22.2 Å². The summed E-state index contributed by atoms with van der Waals surface area (Å²) >= 11 is 2.89. The molecule has 2 amide bonds. The van der Waals surface area contributed by atoms with Gasteiger partial charge in [-0.2, -0.15) is 10.4 Å². The van der Waals surface area contributed by atoms with E-state index in [4.69, 9.17) is 9.47 Å². The molecule has 0 spiro atoms. The van der Waals surface area contributed by atoms with E-state index >= 15 is 0 Å². The number of nitrogens with one attached hydrogen (secondary N) is 1. The molecule has 0 fully saturated rings. The molecule has 1 N–H and O–H groups in total. The van der Waals surface area contributed by atoms with E-state index in [0.717, 1.165) is 9.75 Å². The minimum Gasteiger partial charge on any atom is -0.444 e. The van der Waals surface area contributed by atoms with Gasteiger partial charge in [-0.1, -0.05) is 6.07 Å². The quantitative estimate of drug-likeness (QED) is 0.415. The van der Waals surface area contributed by atoms with E-state index in [1.54, 1.807) is 20.8 Å². The van der Waals surface area contributed by atoms with Crippen molar-refractivity contribution in [1.82, 2.24) is 15.5 Å². The first-order chi connectivity index (χ1) is 16.8. The lowest BCUT2D eigenvalue weighted by atomic mass is 10.1. The van der Waals surface area contributed by atoms with Crippen molar-refractivity contribution in [3.8, 4) is 6.07 Å². The Morgan fingerprint density at radius 1 is 1.19 bits per heavy atom. The SMILES string of the molecule is C[C@@H](Cc1sc2c(N(Cc3cccs3)C(=O)OC(C)(C)C)cnnc2c1C#N)NC(=O)OC(C)(C)C. The van der Waals surface area contributed by atoms with Gasteiger partial charge in [-0.05, 0) is 59.9 Å². The molecule has 11 heteroatoms. The third-order valence-electron chi connectivity index (χ3n) is 4.69.